The Bertz CT molecular complexity index is 479. The molecule has 108 valence electrons. The number of carbonyl (C=O) groups is 1. The van der Waals surface area contributed by atoms with E-state index in [-0.39, 0.29) is 10.9 Å². The van der Waals surface area contributed by atoms with Gasteiger partial charge in [-0.1, -0.05) is 6.08 Å². The number of rotatable bonds is 5. The van der Waals surface area contributed by atoms with E-state index in [0.29, 0.717) is 12.3 Å². The predicted octanol–water partition coefficient (Wildman–Crippen LogP) is 1.27. The molecular weight excluding hydrogens is 281 g/mol. The Morgan fingerprint density at radius 2 is 2.10 bits per heavy atom. The van der Waals surface area contributed by atoms with Gasteiger partial charge in [-0.05, 0) is 43.4 Å². The van der Waals surface area contributed by atoms with E-state index in [1.807, 2.05) is 0 Å². The topological polar surface area (TPSA) is 62.4 Å². The van der Waals surface area contributed by atoms with E-state index in [9.17, 15) is 9.18 Å². The Kier molecular flexibility index (Phi) is 6.45. The van der Waals surface area contributed by atoms with Crippen molar-refractivity contribution in [1.29, 1.82) is 0 Å². The highest BCUT2D eigenvalue weighted by Crippen LogP contribution is 2.12. The molecule has 0 heterocycles. The fraction of sp³-hybridized carbons (Fsp3) is 0.231. The first kappa shape index (κ1) is 15.9. The lowest BCUT2D eigenvalue weighted by molar-refractivity contribution is -0.127. The summed E-state index contributed by atoms with van der Waals surface area (Å²) in [7, 11) is 0. The van der Waals surface area contributed by atoms with Crippen molar-refractivity contribution < 1.29 is 13.9 Å². The van der Waals surface area contributed by atoms with Crippen LogP contribution in [0.25, 0.3) is 0 Å². The Labute approximate surface area is 122 Å². The molecule has 0 fully saturated rings. The molecule has 1 rings (SSSR count). The monoisotopic (exact) mass is 297 g/mol. The highest BCUT2D eigenvalue weighted by molar-refractivity contribution is 7.80. The van der Waals surface area contributed by atoms with Crippen LogP contribution < -0.4 is 20.9 Å². The van der Waals surface area contributed by atoms with Gasteiger partial charge in [-0.25, -0.2) is 4.39 Å². The van der Waals surface area contributed by atoms with E-state index in [1.54, 1.807) is 13.0 Å². The molecule has 0 unspecified atom stereocenters. The van der Waals surface area contributed by atoms with E-state index in [1.165, 1.54) is 24.3 Å². The van der Waals surface area contributed by atoms with Gasteiger partial charge in [0.1, 0.15) is 11.6 Å². The molecule has 1 aromatic carbocycles. The van der Waals surface area contributed by atoms with Gasteiger partial charge in [-0.3, -0.25) is 15.6 Å². The van der Waals surface area contributed by atoms with Crippen molar-refractivity contribution in [2.24, 2.45) is 0 Å². The Hall–Kier alpha value is -2.15. The van der Waals surface area contributed by atoms with E-state index >= 15 is 0 Å². The van der Waals surface area contributed by atoms with Gasteiger partial charge in [-0.2, -0.15) is 0 Å². The van der Waals surface area contributed by atoms with Gasteiger partial charge in [-0.15, -0.1) is 6.58 Å². The second-order valence-corrected chi connectivity index (χ2v) is 4.24. The van der Waals surface area contributed by atoms with Crippen LogP contribution in [0.5, 0.6) is 5.75 Å². The maximum absolute atomic E-state index is 12.7. The largest absolute Gasteiger partial charge is 0.481 e. The fourth-order valence-corrected chi connectivity index (χ4v) is 1.33. The summed E-state index contributed by atoms with van der Waals surface area (Å²) in [6, 6.07) is 5.41. The summed E-state index contributed by atoms with van der Waals surface area (Å²) in [5.41, 5.74) is 4.92. The SMILES string of the molecule is C=CCNC(=S)NNC(=O)[C@@H](C)Oc1ccc(F)cc1. The Balaban J connectivity index is 2.37. The lowest BCUT2D eigenvalue weighted by Gasteiger charge is -2.16. The molecule has 0 saturated carbocycles. The number of carbonyl (C=O) groups excluding carboxylic acids is 1. The molecular formula is C13H16FN3O2S. The zero-order chi connectivity index (χ0) is 15.0. The first-order valence-corrected chi connectivity index (χ1v) is 6.30. The molecule has 0 aliphatic carbocycles. The number of halogens is 1. The first-order valence-electron chi connectivity index (χ1n) is 5.89. The van der Waals surface area contributed by atoms with Crippen molar-refractivity contribution >= 4 is 23.2 Å². The molecule has 1 atom stereocenters. The molecule has 20 heavy (non-hydrogen) atoms. The van der Waals surface area contributed by atoms with Gasteiger partial charge in [0.2, 0.25) is 0 Å². The van der Waals surface area contributed by atoms with Gasteiger partial charge in [0.15, 0.2) is 11.2 Å². The zero-order valence-electron chi connectivity index (χ0n) is 11.0. The summed E-state index contributed by atoms with van der Waals surface area (Å²) in [6.07, 6.45) is 0.881. The average molecular weight is 297 g/mol. The third-order valence-corrected chi connectivity index (χ3v) is 2.45. The minimum atomic E-state index is -0.754. The second kappa shape index (κ2) is 8.11. The number of nitrogens with one attached hydrogen (secondary N) is 3. The van der Waals surface area contributed by atoms with Crippen LogP contribution in [0.2, 0.25) is 0 Å². The number of benzene rings is 1. The van der Waals surface area contributed by atoms with Crippen LogP contribution in [0.3, 0.4) is 0 Å². The van der Waals surface area contributed by atoms with Crippen LogP contribution in [0.4, 0.5) is 4.39 Å². The smallest absolute Gasteiger partial charge is 0.279 e. The molecule has 0 bridgehead atoms. The van der Waals surface area contributed by atoms with Crippen LogP contribution in [0, 0.1) is 5.82 Å². The number of ether oxygens (including phenoxy) is 1. The average Bonchev–Trinajstić information content (AvgIpc) is 2.44. The van der Waals surface area contributed by atoms with Crippen molar-refractivity contribution in [3.8, 4) is 5.75 Å². The zero-order valence-corrected chi connectivity index (χ0v) is 11.8. The molecule has 7 heteroatoms. The molecule has 0 aliphatic heterocycles. The van der Waals surface area contributed by atoms with Crippen molar-refractivity contribution in [2.75, 3.05) is 6.54 Å². The van der Waals surface area contributed by atoms with Crippen LogP contribution in [-0.4, -0.2) is 23.7 Å². The van der Waals surface area contributed by atoms with Crippen LogP contribution >= 0.6 is 12.2 Å². The van der Waals surface area contributed by atoms with E-state index in [0.717, 1.165) is 0 Å². The van der Waals surface area contributed by atoms with Crippen LogP contribution in [-0.2, 0) is 4.79 Å². The van der Waals surface area contributed by atoms with Crippen LogP contribution in [0.1, 0.15) is 6.92 Å². The van der Waals surface area contributed by atoms with E-state index < -0.39 is 12.0 Å². The minimum absolute atomic E-state index is 0.271. The van der Waals surface area contributed by atoms with Crippen molar-refractivity contribution in [3.05, 3.63) is 42.7 Å². The lowest BCUT2D eigenvalue weighted by Crippen LogP contribution is -2.50. The molecule has 0 aromatic heterocycles. The van der Waals surface area contributed by atoms with Crippen LogP contribution in [0.15, 0.2) is 36.9 Å². The standard InChI is InChI=1S/C13H16FN3O2S/c1-3-8-15-13(20)17-16-12(18)9(2)19-11-6-4-10(14)5-7-11/h3-7,9H,1,8H2,2H3,(H,16,18)(H2,15,17,20)/t9-/m1/s1. The number of thiocarbonyl (C=S) groups is 1. The van der Waals surface area contributed by atoms with Gasteiger partial charge in [0.05, 0.1) is 0 Å². The number of amides is 1. The Morgan fingerprint density at radius 3 is 2.70 bits per heavy atom. The quantitative estimate of drug-likeness (QED) is 0.434. The molecule has 0 saturated heterocycles. The molecule has 0 radical (unpaired) electrons. The second-order valence-electron chi connectivity index (χ2n) is 3.83. The summed E-state index contributed by atoms with van der Waals surface area (Å²) in [4.78, 5) is 11.7. The summed E-state index contributed by atoms with van der Waals surface area (Å²) in [6.45, 7) is 5.58. The normalized spacial score (nSPS) is 11.1. The number of hydrogen-bond donors (Lipinski definition) is 3. The molecule has 0 aliphatic rings. The molecule has 1 amide bonds. The molecule has 5 nitrogen and oxygen atoms in total. The number of hydrazine groups is 1. The van der Waals surface area contributed by atoms with E-state index in [4.69, 9.17) is 17.0 Å². The van der Waals surface area contributed by atoms with Gasteiger partial charge in [0.25, 0.3) is 5.91 Å². The van der Waals surface area contributed by atoms with Crippen molar-refractivity contribution in [2.45, 2.75) is 13.0 Å². The van der Waals surface area contributed by atoms with Gasteiger partial charge >= 0.3 is 0 Å². The number of hydrogen-bond acceptors (Lipinski definition) is 3. The van der Waals surface area contributed by atoms with Crippen molar-refractivity contribution in [3.63, 3.8) is 0 Å². The summed E-state index contributed by atoms with van der Waals surface area (Å²) in [5, 5.41) is 3.06. The molecule has 1 aromatic rings. The molecule has 0 spiro atoms. The van der Waals surface area contributed by atoms with Gasteiger partial charge in [0, 0.05) is 6.54 Å². The summed E-state index contributed by atoms with van der Waals surface area (Å²) < 4.78 is 18.1. The van der Waals surface area contributed by atoms with Gasteiger partial charge < -0.3 is 10.1 Å². The Morgan fingerprint density at radius 1 is 1.45 bits per heavy atom. The minimum Gasteiger partial charge on any atom is -0.481 e. The lowest BCUT2D eigenvalue weighted by atomic mass is 10.3. The first-order chi connectivity index (χ1) is 9.52. The van der Waals surface area contributed by atoms with E-state index in [2.05, 4.69) is 22.7 Å². The molecule has 3 N–H and O–H groups in total. The third-order valence-electron chi connectivity index (χ3n) is 2.20. The highest BCUT2D eigenvalue weighted by Gasteiger charge is 2.14. The maximum atomic E-state index is 12.7. The predicted molar refractivity (Wildman–Crippen MR) is 78.6 cm³/mol. The van der Waals surface area contributed by atoms with Crippen molar-refractivity contribution in [1.82, 2.24) is 16.2 Å². The highest BCUT2D eigenvalue weighted by atomic mass is 32.1. The maximum Gasteiger partial charge on any atom is 0.279 e. The summed E-state index contributed by atoms with van der Waals surface area (Å²) in [5.74, 6) is -0.367. The fourth-order valence-electron chi connectivity index (χ4n) is 1.20. The third kappa shape index (κ3) is 5.66. The summed E-state index contributed by atoms with van der Waals surface area (Å²) >= 11 is 4.90.